The van der Waals surface area contributed by atoms with Crippen LogP contribution in [-0.4, -0.2) is 77.8 Å². The number of hydrogen-bond acceptors (Lipinski definition) is 4. The molecule has 4 heterocycles. The lowest BCUT2D eigenvalue weighted by Crippen LogP contribution is -2.76. The van der Waals surface area contributed by atoms with Crippen molar-refractivity contribution in [1.82, 2.24) is 14.8 Å². The molecule has 1 unspecified atom stereocenters. The third-order valence-electron chi connectivity index (χ3n) is 8.12. The van der Waals surface area contributed by atoms with E-state index in [0.29, 0.717) is 12.1 Å². The van der Waals surface area contributed by atoms with Crippen molar-refractivity contribution in [3.8, 4) is 0 Å². The SMILES string of the molecule is O=C(c1ccc2[nH]ccc2c1)N1CCC(N2CC(OCC3CC3)C23CCOCC3)CC1. The second kappa shape index (κ2) is 7.91. The largest absolute Gasteiger partial charge is 0.381 e. The number of fused-ring (bicyclic) bond motifs is 1. The minimum atomic E-state index is 0.164. The molecule has 1 saturated carbocycles. The number of H-pyrrole nitrogens is 1. The number of hydrogen-bond donors (Lipinski definition) is 1. The van der Waals surface area contributed by atoms with E-state index in [2.05, 4.69) is 9.88 Å². The summed E-state index contributed by atoms with van der Waals surface area (Å²) in [5, 5.41) is 1.10. The van der Waals surface area contributed by atoms with E-state index in [1.54, 1.807) is 0 Å². The summed E-state index contributed by atoms with van der Waals surface area (Å²) in [5.41, 5.74) is 2.04. The maximum atomic E-state index is 13.1. The fourth-order valence-corrected chi connectivity index (χ4v) is 5.94. The van der Waals surface area contributed by atoms with Crippen LogP contribution in [0.15, 0.2) is 30.5 Å². The van der Waals surface area contributed by atoms with Crippen LogP contribution in [0.1, 0.15) is 48.9 Å². The first-order valence-electron chi connectivity index (χ1n) is 12.1. The van der Waals surface area contributed by atoms with Gasteiger partial charge in [-0.2, -0.15) is 0 Å². The summed E-state index contributed by atoms with van der Waals surface area (Å²) in [7, 11) is 0. The van der Waals surface area contributed by atoms with Gasteiger partial charge in [0.05, 0.1) is 11.6 Å². The summed E-state index contributed by atoms with van der Waals surface area (Å²) >= 11 is 0. The van der Waals surface area contributed by atoms with Crippen molar-refractivity contribution < 1.29 is 14.3 Å². The molecule has 3 aliphatic heterocycles. The Kier molecular flexibility index (Phi) is 5.04. The number of aromatic nitrogens is 1. The number of carbonyl (C=O) groups is 1. The van der Waals surface area contributed by atoms with Crippen LogP contribution < -0.4 is 0 Å². The average molecular weight is 424 g/mol. The van der Waals surface area contributed by atoms with Gasteiger partial charge in [0.1, 0.15) is 0 Å². The van der Waals surface area contributed by atoms with Crippen LogP contribution in [0.4, 0.5) is 0 Å². The molecule has 4 aliphatic rings. The number of nitrogens with one attached hydrogen (secondary N) is 1. The number of ether oxygens (including phenoxy) is 2. The third-order valence-corrected chi connectivity index (χ3v) is 8.12. The number of likely N-dealkylation sites (tertiary alicyclic amines) is 2. The minimum Gasteiger partial charge on any atom is -0.381 e. The quantitative estimate of drug-likeness (QED) is 0.801. The fraction of sp³-hybridized carbons (Fsp3) is 0.640. The highest BCUT2D eigenvalue weighted by molar-refractivity contribution is 5.98. The van der Waals surface area contributed by atoms with E-state index in [1.807, 2.05) is 35.4 Å². The van der Waals surface area contributed by atoms with E-state index in [4.69, 9.17) is 9.47 Å². The zero-order chi connectivity index (χ0) is 20.8. The molecule has 4 fully saturated rings. The van der Waals surface area contributed by atoms with E-state index >= 15 is 0 Å². The standard InChI is InChI=1S/C25H33N3O3/c29-24(20-3-4-22-19(15-20)5-10-26-22)27-11-6-21(7-12-27)28-16-23(31-17-18-1-2-18)25(28)8-13-30-14-9-25/h3-5,10,15,18,21,23,26H,1-2,6-9,11-14,16-17H2. The summed E-state index contributed by atoms with van der Waals surface area (Å²) in [6, 6.07) is 8.54. The van der Waals surface area contributed by atoms with Crippen molar-refractivity contribution in [2.75, 3.05) is 39.5 Å². The molecule has 3 saturated heterocycles. The number of amides is 1. The molecule has 166 valence electrons. The van der Waals surface area contributed by atoms with E-state index in [-0.39, 0.29) is 11.4 Å². The lowest BCUT2D eigenvalue weighted by molar-refractivity contribution is -0.217. The molecule has 1 amide bonds. The van der Waals surface area contributed by atoms with Gasteiger partial charge >= 0.3 is 0 Å². The van der Waals surface area contributed by atoms with E-state index in [0.717, 1.165) is 87.5 Å². The van der Waals surface area contributed by atoms with Crippen LogP contribution in [0.25, 0.3) is 10.9 Å². The van der Waals surface area contributed by atoms with Gasteiger partial charge in [-0.25, -0.2) is 0 Å². The van der Waals surface area contributed by atoms with Gasteiger partial charge in [0.15, 0.2) is 0 Å². The van der Waals surface area contributed by atoms with Crippen LogP contribution in [-0.2, 0) is 9.47 Å². The summed E-state index contributed by atoms with van der Waals surface area (Å²) in [4.78, 5) is 21.1. The lowest BCUT2D eigenvalue weighted by Gasteiger charge is -2.63. The third kappa shape index (κ3) is 3.59. The molecule has 2 aromatic rings. The zero-order valence-electron chi connectivity index (χ0n) is 18.2. The molecule has 6 heteroatoms. The number of nitrogens with zero attached hydrogens (tertiary/aromatic N) is 2. The average Bonchev–Trinajstić information content (AvgIpc) is 3.52. The van der Waals surface area contributed by atoms with Crippen molar-refractivity contribution in [2.24, 2.45) is 5.92 Å². The number of carbonyl (C=O) groups excluding carboxylic acids is 1. The van der Waals surface area contributed by atoms with Crippen LogP contribution >= 0.6 is 0 Å². The molecule has 31 heavy (non-hydrogen) atoms. The highest BCUT2D eigenvalue weighted by atomic mass is 16.5. The van der Waals surface area contributed by atoms with Gasteiger partial charge in [-0.1, -0.05) is 0 Å². The van der Waals surface area contributed by atoms with Crippen LogP contribution in [0.3, 0.4) is 0 Å². The van der Waals surface area contributed by atoms with E-state index in [9.17, 15) is 4.79 Å². The number of piperidine rings is 1. The van der Waals surface area contributed by atoms with Crippen molar-refractivity contribution in [3.05, 3.63) is 36.0 Å². The summed E-state index contributed by atoms with van der Waals surface area (Å²) in [6.45, 7) is 5.36. The van der Waals surface area contributed by atoms with Gasteiger partial charge < -0.3 is 19.4 Å². The van der Waals surface area contributed by atoms with Crippen LogP contribution in [0.5, 0.6) is 0 Å². The molecular weight excluding hydrogens is 390 g/mol. The molecule has 1 aliphatic carbocycles. The van der Waals surface area contributed by atoms with E-state index < -0.39 is 0 Å². The summed E-state index contributed by atoms with van der Waals surface area (Å²) in [6.07, 6.45) is 9.24. The van der Waals surface area contributed by atoms with Gasteiger partial charge in [0.2, 0.25) is 0 Å². The van der Waals surface area contributed by atoms with Gasteiger partial charge in [-0.15, -0.1) is 0 Å². The molecular formula is C25H33N3O3. The number of benzene rings is 1. The van der Waals surface area contributed by atoms with Gasteiger partial charge in [0, 0.05) is 68.2 Å². The first kappa shape index (κ1) is 19.8. The molecule has 6 rings (SSSR count). The van der Waals surface area contributed by atoms with Crippen molar-refractivity contribution in [2.45, 2.75) is 56.2 Å². The van der Waals surface area contributed by atoms with Crippen molar-refractivity contribution in [3.63, 3.8) is 0 Å². The Balaban J connectivity index is 1.09. The highest BCUT2D eigenvalue weighted by Gasteiger charge is 2.57. The van der Waals surface area contributed by atoms with Gasteiger partial charge in [-0.3, -0.25) is 9.69 Å². The molecule has 1 N–H and O–H groups in total. The summed E-state index contributed by atoms with van der Waals surface area (Å²) < 4.78 is 12.1. The number of rotatable bonds is 5. The predicted octanol–water partition coefficient (Wildman–Crippen LogP) is 3.43. The Hall–Kier alpha value is -1.89. The van der Waals surface area contributed by atoms with Crippen LogP contribution in [0.2, 0.25) is 0 Å². The fourth-order valence-electron chi connectivity index (χ4n) is 5.94. The molecule has 6 nitrogen and oxygen atoms in total. The minimum absolute atomic E-state index is 0.164. The van der Waals surface area contributed by atoms with Crippen LogP contribution in [0, 0.1) is 5.92 Å². The lowest BCUT2D eigenvalue weighted by atomic mass is 9.73. The maximum Gasteiger partial charge on any atom is 0.253 e. The summed E-state index contributed by atoms with van der Waals surface area (Å²) in [5.74, 6) is 0.974. The maximum absolute atomic E-state index is 13.1. The first-order valence-corrected chi connectivity index (χ1v) is 12.1. The second-order valence-electron chi connectivity index (χ2n) is 9.94. The number of aromatic amines is 1. The van der Waals surface area contributed by atoms with Crippen molar-refractivity contribution >= 4 is 16.8 Å². The topological polar surface area (TPSA) is 57.8 Å². The molecule has 1 atom stereocenters. The second-order valence-corrected chi connectivity index (χ2v) is 9.94. The Labute approximate surface area is 183 Å². The zero-order valence-corrected chi connectivity index (χ0v) is 18.2. The molecule has 1 aromatic carbocycles. The monoisotopic (exact) mass is 423 g/mol. The Bertz CT molecular complexity index is 938. The van der Waals surface area contributed by atoms with E-state index in [1.165, 1.54) is 12.8 Å². The Morgan fingerprint density at radius 2 is 1.94 bits per heavy atom. The molecule has 1 aromatic heterocycles. The Morgan fingerprint density at radius 1 is 1.13 bits per heavy atom. The first-order chi connectivity index (χ1) is 15.2. The normalized spacial score (nSPS) is 27.0. The smallest absolute Gasteiger partial charge is 0.253 e. The predicted molar refractivity (Wildman–Crippen MR) is 119 cm³/mol. The van der Waals surface area contributed by atoms with Gasteiger partial charge in [-0.05, 0) is 68.7 Å². The molecule has 0 bridgehead atoms. The molecule has 0 radical (unpaired) electrons. The van der Waals surface area contributed by atoms with Crippen molar-refractivity contribution in [1.29, 1.82) is 0 Å². The molecule has 1 spiro atoms. The Morgan fingerprint density at radius 3 is 2.71 bits per heavy atom. The highest BCUT2D eigenvalue weighted by Crippen LogP contribution is 2.45. The van der Waals surface area contributed by atoms with Gasteiger partial charge in [0.25, 0.3) is 5.91 Å².